The van der Waals surface area contributed by atoms with Crippen molar-refractivity contribution in [2.75, 3.05) is 6.61 Å². The van der Waals surface area contributed by atoms with Crippen LogP contribution in [0.25, 0.3) is 10.9 Å². The van der Waals surface area contributed by atoms with Crippen LogP contribution < -0.4 is 5.56 Å². The Hall–Kier alpha value is -2.88. The molecule has 1 aliphatic heterocycles. The summed E-state index contributed by atoms with van der Waals surface area (Å²) < 4.78 is 7.72. The SMILES string of the molecule is CC[C@@H](c1nnnn1C[C@H]1CCCO1)N(Cc1cccs1)Cc1cc2cc(C)ccc2[nH]c1=O. The summed E-state index contributed by atoms with van der Waals surface area (Å²) in [6.45, 7) is 6.88. The van der Waals surface area contributed by atoms with E-state index in [9.17, 15) is 4.79 Å². The molecule has 178 valence electrons. The van der Waals surface area contributed by atoms with Crippen molar-refractivity contribution in [3.63, 3.8) is 0 Å². The number of benzene rings is 1. The lowest BCUT2D eigenvalue weighted by molar-refractivity contribution is 0.0889. The fourth-order valence-electron chi connectivity index (χ4n) is 4.75. The molecule has 1 saturated heterocycles. The average Bonchev–Trinajstić information content (AvgIpc) is 3.60. The van der Waals surface area contributed by atoms with Crippen molar-refractivity contribution in [1.82, 2.24) is 30.1 Å². The lowest BCUT2D eigenvalue weighted by atomic mass is 10.1. The van der Waals surface area contributed by atoms with Gasteiger partial charge in [-0.25, -0.2) is 4.68 Å². The Labute approximate surface area is 202 Å². The van der Waals surface area contributed by atoms with Crippen molar-refractivity contribution in [1.29, 1.82) is 0 Å². The Morgan fingerprint density at radius 3 is 2.97 bits per heavy atom. The zero-order valence-corrected chi connectivity index (χ0v) is 20.4. The molecule has 2 atom stereocenters. The smallest absolute Gasteiger partial charge is 0.252 e. The van der Waals surface area contributed by atoms with Gasteiger partial charge in [0.25, 0.3) is 5.56 Å². The third kappa shape index (κ3) is 4.96. The minimum Gasteiger partial charge on any atom is -0.376 e. The topological polar surface area (TPSA) is 88.9 Å². The number of ether oxygens (including phenoxy) is 1. The minimum atomic E-state index is -0.0543. The van der Waals surface area contributed by atoms with Gasteiger partial charge in [-0.1, -0.05) is 24.6 Å². The molecule has 0 bridgehead atoms. The van der Waals surface area contributed by atoms with Gasteiger partial charge >= 0.3 is 0 Å². The highest BCUT2D eigenvalue weighted by atomic mass is 32.1. The van der Waals surface area contributed by atoms with E-state index in [-0.39, 0.29) is 17.7 Å². The van der Waals surface area contributed by atoms with Gasteiger partial charge in [-0.2, -0.15) is 0 Å². The summed E-state index contributed by atoms with van der Waals surface area (Å²) in [5.74, 6) is 0.822. The highest BCUT2D eigenvalue weighted by Gasteiger charge is 2.28. The zero-order valence-electron chi connectivity index (χ0n) is 19.6. The van der Waals surface area contributed by atoms with E-state index >= 15 is 0 Å². The molecule has 4 aromatic rings. The van der Waals surface area contributed by atoms with E-state index in [4.69, 9.17) is 4.74 Å². The minimum absolute atomic E-state index is 0.0360. The molecule has 0 aliphatic carbocycles. The van der Waals surface area contributed by atoms with Gasteiger partial charge in [0.05, 0.1) is 18.7 Å². The van der Waals surface area contributed by atoms with E-state index < -0.39 is 0 Å². The lowest BCUT2D eigenvalue weighted by Gasteiger charge is -2.30. The third-order valence-corrected chi connectivity index (χ3v) is 7.34. The van der Waals surface area contributed by atoms with Crippen LogP contribution in [0.15, 0.2) is 46.6 Å². The molecule has 0 spiro atoms. The van der Waals surface area contributed by atoms with Gasteiger partial charge in [-0.3, -0.25) is 9.69 Å². The van der Waals surface area contributed by atoms with Crippen molar-refractivity contribution >= 4 is 22.2 Å². The van der Waals surface area contributed by atoms with Crippen molar-refractivity contribution in [3.8, 4) is 0 Å². The Morgan fingerprint density at radius 2 is 2.21 bits per heavy atom. The van der Waals surface area contributed by atoms with Gasteiger partial charge in [0.2, 0.25) is 0 Å². The molecule has 1 fully saturated rings. The van der Waals surface area contributed by atoms with Crippen molar-refractivity contribution in [2.45, 2.75) is 64.9 Å². The molecule has 1 N–H and O–H groups in total. The second-order valence-corrected chi connectivity index (χ2v) is 10.0. The summed E-state index contributed by atoms with van der Waals surface area (Å²) in [7, 11) is 0. The van der Waals surface area contributed by atoms with E-state index in [0.717, 1.165) is 48.2 Å². The summed E-state index contributed by atoms with van der Waals surface area (Å²) in [5.41, 5.74) is 2.71. The number of H-pyrrole nitrogens is 1. The first-order valence-electron chi connectivity index (χ1n) is 11.9. The predicted molar refractivity (Wildman–Crippen MR) is 133 cm³/mol. The molecule has 3 aromatic heterocycles. The molecule has 0 saturated carbocycles. The molecule has 5 rings (SSSR count). The number of tetrazole rings is 1. The van der Waals surface area contributed by atoms with Crippen LogP contribution in [0.2, 0.25) is 0 Å². The maximum Gasteiger partial charge on any atom is 0.252 e. The van der Waals surface area contributed by atoms with E-state index in [2.05, 4.69) is 62.8 Å². The number of nitrogens with one attached hydrogen (secondary N) is 1. The van der Waals surface area contributed by atoms with E-state index in [1.807, 2.05) is 22.9 Å². The molecule has 0 unspecified atom stereocenters. The molecule has 8 nitrogen and oxygen atoms in total. The molecular formula is C25H30N6O2S. The lowest BCUT2D eigenvalue weighted by Crippen LogP contribution is -2.33. The fraction of sp³-hybridized carbons (Fsp3) is 0.440. The van der Waals surface area contributed by atoms with Crippen LogP contribution in [-0.2, 0) is 24.4 Å². The quantitative estimate of drug-likeness (QED) is 0.388. The normalized spacial score (nSPS) is 17.1. The second kappa shape index (κ2) is 10.2. The second-order valence-electron chi connectivity index (χ2n) is 8.98. The first-order valence-corrected chi connectivity index (χ1v) is 12.8. The molecule has 1 aromatic carbocycles. The Morgan fingerprint density at radius 1 is 1.29 bits per heavy atom. The number of hydrogen-bond acceptors (Lipinski definition) is 7. The maximum absolute atomic E-state index is 13.0. The summed E-state index contributed by atoms with van der Waals surface area (Å²) >= 11 is 1.72. The van der Waals surface area contributed by atoms with Crippen LogP contribution in [0.3, 0.4) is 0 Å². The number of thiophene rings is 1. The summed E-state index contributed by atoms with van der Waals surface area (Å²) in [6.07, 6.45) is 3.08. The third-order valence-electron chi connectivity index (χ3n) is 6.47. The Balaban J connectivity index is 1.48. The van der Waals surface area contributed by atoms with Crippen LogP contribution in [0, 0.1) is 6.92 Å². The molecule has 9 heteroatoms. The summed E-state index contributed by atoms with van der Waals surface area (Å²) in [6, 6.07) is 12.3. The molecule has 0 radical (unpaired) electrons. The van der Waals surface area contributed by atoms with Crippen molar-refractivity contribution in [2.24, 2.45) is 0 Å². The number of pyridine rings is 1. The first kappa shape index (κ1) is 22.9. The highest BCUT2D eigenvalue weighted by molar-refractivity contribution is 7.09. The zero-order chi connectivity index (χ0) is 23.5. The molecule has 0 amide bonds. The number of fused-ring (bicyclic) bond motifs is 1. The van der Waals surface area contributed by atoms with Gasteiger partial charge in [0.1, 0.15) is 0 Å². The van der Waals surface area contributed by atoms with Gasteiger partial charge in [0.15, 0.2) is 5.82 Å². The van der Waals surface area contributed by atoms with Gasteiger partial charge < -0.3 is 9.72 Å². The largest absolute Gasteiger partial charge is 0.376 e. The van der Waals surface area contributed by atoms with Crippen LogP contribution in [0.1, 0.15) is 54.1 Å². The van der Waals surface area contributed by atoms with E-state index in [0.29, 0.717) is 19.6 Å². The predicted octanol–water partition coefficient (Wildman–Crippen LogP) is 4.22. The average molecular weight is 479 g/mol. The molecule has 1 aliphatic rings. The maximum atomic E-state index is 13.0. The number of hydrogen-bond donors (Lipinski definition) is 1. The monoisotopic (exact) mass is 478 g/mol. The number of rotatable bonds is 9. The molecular weight excluding hydrogens is 448 g/mol. The van der Waals surface area contributed by atoms with Crippen LogP contribution in [0.4, 0.5) is 0 Å². The molecule has 34 heavy (non-hydrogen) atoms. The van der Waals surface area contributed by atoms with Crippen molar-refractivity contribution < 1.29 is 4.74 Å². The summed E-state index contributed by atoms with van der Waals surface area (Å²) in [5, 5.41) is 15.8. The number of aromatic nitrogens is 5. The van der Waals surface area contributed by atoms with Crippen LogP contribution >= 0.6 is 11.3 Å². The number of aromatic amines is 1. The number of nitrogens with zero attached hydrogens (tertiary/aromatic N) is 5. The first-order chi connectivity index (χ1) is 16.6. The van der Waals surface area contributed by atoms with Gasteiger partial charge in [-0.15, -0.1) is 16.4 Å². The fourth-order valence-corrected chi connectivity index (χ4v) is 5.48. The standard InChI is InChI=1S/C25H30N6O2S/c1-3-23(24-27-28-29-31(24)15-20-6-4-10-33-20)30(16-21-7-5-11-34-21)14-19-13-18-12-17(2)8-9-22(18)26-25(19)32/h5,7-9,11-13,20,23H,3-4,6,10,14-16H2,1-2H3,(H,26,32)/t20-,23+/m1/s1. The molecule has 4 heterocycles. The Kier molecular flexibility index (Phi) is 6.85. The van der Waals surface area contributed by atoms with Crippen LogP contribution in [0.5, 0.6) is 0 Å². The van der Waals surface area contributed by atoms with Crippen LogP contribution in [-0.4, -0.2) is 42.8 Å². The van der Waals surface area contributed by atoms with E-state index in [1.165, 1.54) is 10.4 Å². The highest BCUT2D eigenvalue weighted by Crippen LogP contribution is 2.28. The Bertz CT molecular complexity index is 1290. The van der Waals surface area contributed by atoms with E-state index in [1.54, 1.807) is 11.3 Å². The van der Waals surface area contributed by atoms with Gasteiger partial charge in [-0.05, 0) is 71.6 Å². The van der Waals surface area contributed by atoms with Crippen molar-refractivity contribution in [3.05, 3.63) is 74.0 Å². The number of aryl methyl sites for hydroxylation is 1. The summed E-state index contributed by atoms with van der Waals surface area (Å²) in [4.78, 5) is 19.6. The van der Waals surface area contributed by atoms with Gasteiger partial charge in [0, 0.05) is 35.7 Å².